The summed E-state index contributed by atoms with van der Waals surface area (Å²) in [6.45, 7) is 4.90. The van der Waals surface area contributed by atoms with Crippen LogP contribution in [0.4, 0.5) is 0 Å². The van der Waals surface area contributed by atoms with Gasteiger partial charge in [-0.15, -0.1) is 0 Å². The number of ether oxygens (including phenoxy) is 1. The van der Waals surface area contributed by atoms with E-state index in [1.807, 2.05) is 0 Å². The number of carbonyl (C=O) groups is 2. The van der Waals surface area contributed by atoms with Crippen LogP contribution in [0.15, 0.2) is 24.3 Å². The smallest absolute Gasteiger partial charge is 0.305 e. The molecule has 0 saturated heterocycles. The summed E-state index contributed by atoms with van der Waals surface area (Å²) >= 11 is 0. The molecule has 0 aromatic carbocycles. The predicted molar refractivity (Wildman–Crippen MR) is 255 cm³/mol. The van der Waals surface area contributed by atoms with E-state index in [1.165, 1.54) is 161 Å². The maximum Gasteiger partial charge on any atom is 0.305 e. The molecule has 0 aliphatic rings. The number of unbranched alkanes of at least 4 members (excludes halogenated alkanes) is 33. The van der Waals surface area contributed by atoms with Crippen molar-refractivity contribution in [3.8, 4) is 0 Å². The number of hydrogen-bond acceptors (Lipinski definition) is 5. The zero-order chi connectivity index (χ0) is 43.0. The zero-order valence-corrected chi connectivity index (χ0v) is 39.5. The second-order valence-electron chi connectivity index (χ2n) is 17.9. The Morgan fingerprint density at radius 1 is 0.475 bits per heavy atom. The van der Waals surface area contributed by atoms with Gasteiger partial charge in [-0.05, 0) is 64.2 Å². The number of rotatable bonds is 48. The molecule has 59 heavy (non-hydrogen) atoms. The van der Waals surface area contributed by atoms with E-state index in [-0.39, 0.29) is 18.5 Å². The summed E-state index contributed by atoms with van der Waals surface area (Å²) in [5.74, 6) is -0.0668. The Balaban J connectivity index is 3.51. The summed E-state index contributed by atoms with van der Waals surface area (Å²) in [7, 11) is 0. The van der Waals surface area contributed by atoms with Crippen LogP contribution in [0, 0.1) is 0 Å². The molecule has 348 valence electrons. The first-order valence-electron chi connectivity index (χ1n) is 26.1. The molecule has 6 nitrogen and oxygen atoms in total. The standard InChI is InChI=1S/C53H101NO5/c1-3-5-7-9-11-13-15-16-22-26-29-33-37-41-45-51(56)50(49-55)54-52(57)46-42-38-34-30-27-23-20-18-17-19-21-24-28-32-36-40-44-48-59-53(58)47-43-39-35-31-25-14-12-10-8-6-4-2/h17,19,24,28,50-51,55-56H,3-16,18,20-23,25-27,29-49H2,1-2H3,(H,54,57)/b19-17-,28-24-. The molecule has 0 aliphatic heterocycles. The quantitative estimate of drug-likeness (QED) is 0.0322. The Labute approximate surface area is 367 Å². The van der Waals surface area contributed by atoms with Crippen LogP contribution in [0.2, 0.25) is 0 Å². The number of allylic oxidation sites excluding steroid dienone is 4. The molecule has 2 unspecified atom stereocenters. The third kappa shape index (κ3) is 45.7. The summed E-state index contributed by atoms with van der Waals surface area (Å²) < 4.78 is 5.43. The highest BCUT2D eigenvalue weighted by atomic mass is 16.5. The van der Waals surface area contributed by atoms with Crippen LogP contribution < -0.4 is 5.32 Å². The third-order valence-corrected chi connectivity index (χ3v) is 12.0. The molecule has 0 bridgehead atoms. The molecular formula is C53H101NO5. The third-order valence-electron chi connectivity index (χ3n) is 12.0. The zero-order valence-electron chi connectivity index (χ0n) is 39.5. The van der Waals surface area contributed by atoms with Gasteiger partial charge >= 0.3 is 5.97 Å². The minimum Gasteiger partial charge on any atom is -0.466 e. The summed E-state index contributed by atoms with van der Waals surface area (Å²) in [4.78, 5) is 24.4. The van der Waals surface area contributed by atoms with Crippen LogP contribution in [-0.4, -0.2) is 47.4 Å². The van der Waals surface area contributed by atoms with E-state index >= 15 is 0 Å². The SMILES string of the molecule is CCCCCCCCCCCCCCCCC(O)C(CO)NC(=O)CCCCCCCCC/C=C\C/C=C\CCCCCOC(=O)CCCCCCCCCCCCC. The van der Waals surface area contributed by atoms with Crippen molar-refractivity contribution < 1.29 is 24.5 Å². The van der Waals surface area contributed by atoms with Crippen molar-refractivity contribution in [2.45, 2.75) is 289 Å². The first kappa shape index (κ1) is 57.3. The Kier molecular flexibility index (Phi) is 47.6. The van der Waals surface area contributed by atoms with E-state index in [9.17, 15) is 19.8 Å². The van der Waals surface area contributed by atoms with Gasteiger partial charge in [0.2, 0.25) is 5.91 Å². The lowest BCUT2D eigenvalue weighted by molar-refractivity contribution is -0.143. The lowest BCUT2D eigenvalue weighted by Gasteiger charge is -2.22. The molecule has 1 amide bonds. The minimum atomic E-state index is -0.673. The predicted octanol–water partition coefficient (Wildman–Crippen LogP) is 15.5. The van der Waals surface area contributed by atoms with Crippen LogP contribution in [0.1, 0.15) is 277 Å². The van der Waals surface area contributed by atoms with Crippen LogP contribution in [-0.2, 0) is 14.3 Å². The summed E-state index contributed by atoms with van der Waals surface area (Å²) in [5, 5.41) is 23.2. The van der Waals surface area contributed by atoms with E-state index in [0.29, 0.717) is 25.9 Å². The van der Waals surface area contributed by atoms with Crippen molar-refractivity contribution in [1.29, 1.82) is 0 Å². The van der Waals surface area contributed by atoms with E-state index in [1.54, 1.807) is 0 Å². The van der Waals surface area contributed by atoms with Gasteiger partial charge < -0.3 is 20.3 Å². The molecule has 0 aliphatic carbocycles. The maximum absolute atomic E-state index is 12.4. The number of esters is 1. The molecule has 0 radical (unpaired) electrons. The molecular weight excluding hydrogens is 731 g/mol. The fourth-order valence-corrected chi connectivity index (χ4v) is 7.96. The normalized spacial score (nSPS) is 12.8. The largest absolute Gasteiger partial charge is 0.466 e. The number of aliphatic hydroxyl groups excluding tert-OH is 2. The van der Waals surface area contributed by atoms with Gasteiger partial charge in [-0.1, -0.05) is 224 Å². The fourth-order valence-electron chi connectivity index (χ4n) is 7.96. The first-order valence-corrected chi connectivity index (χ1v) is 26.1. The van der Waals surface area contributed by atoms with Gasteiger partial charge in [0.15, 0.2) is 0 Å². The molecule has 2 atom stereocenters. The van der Waals surface area contributed by atoms with Crippen molar-refractivity contribution >= 4 is 11.9 Å². The molecule has 3 N–H and O–H groups in total. The highest BCUT2D eigenvalue weighted by Crippen LogP contribution is 2.16. The lowest BCUT2D eigenvalue weighted by atomic mass is 10.0. The lowest BCUT2D eigenvalue weighted by Crippen LogP contribution is -2.45. The van der Waals surface area contributed by atoms with Crippen LogP contribution in [0.3, 0.4) is 0 Å². The average Bonchev–Trinajstić information content (AvgIpc) is 3.24. The number of nitrogens with one attached hydrogen (secondary N) is 1. The molecule has 6 heteroatoms. The maximum atomic E-state index is 12.4. The molecule has 0 aromatic rings. The Hall–Kier alpha value is -1.66. The molecule has 0 aromatic heterocycles. The Bertz CT molecular complexity index is 920. The van der Waals surface area contributed by atoms with Crippen molar-refractivity contribution in [3.05, 3.63) is 24.3 Å². The van der Waals surface area contributed by atoms with Gasteiger partial charge in [-0.2, -0.15) is 0 Å². The van der Waals surface area contributed by atoms with E-state index < -0.39 is 12.1 Å². The second-order valence-corrected chi connectivity index (χ2v) is 17.9. The Morgan fingerprint density at radius 2 is 0.847 bits per heavy atom. The van der Waals surface area contributed by atoms with E-state index in [0.717, 1.165) is 83.5 Å². The van der Waals surface area contributed by atoms with Crippen LogP contribution in [0.5, 0.6) is 0 Å². The van der Waals surface area contributed by atoms with E-state index in [2.05, 4.69) is 43.5 Å². The monoisotopic (exact) mass is 832 g/mol. The molecule has 0 saturated carbocycles. The van der Waals surface area contributed by atoms with Crippen LogP contribution >= 0.6 is 0 Å². The van der Waals surface area contributed by atoms with Crippen molar-refractivity contribution in [1.82, 2.24) is 5.32 Å². The van der Waals surface area contributed by atoms with Crippen molar-refractivity contribution in [2.24, 2.45) is 0 Å². The van der Waals surface area contributed by atoms with Crippen LogP contribution in [0.25, 0.3) is 0 Å². The van der Waals surface area contributed by atoms with Gasteiger partial charge in [0.1, 0.15) is 0 Å². The summed E-state index contributed by atoms with van der Waals surface area (Å²) in [6, 6.07) is -0.552. The second kappa shape index (κ2) is 49.0. The summed E-state index contributed by atoms with van der Waals surface area (Å²) in [5.41, 5.74) is 0. The van der Waals surface area contributed by atoms with Crippen molar-refractivity contribution in [3.63, 3.8) is 0 Å². The number of amides is 1. The Morgan fingerprint density at radius 3 is 1.29 bits per heavy atom. The molecule has 0 spiro atoms. The van der Waals surface area contributed by atoms with Crippen molar-refractivity contribution in [2.75, 3.05) is 13.2 Å². The topological polar surface area (TPSA) is 95.9 Å². The molecule has 0 heterocycles. The highest BCUT2D eigenvalue weighted by molar-refractivity contribution is 5.76. The number of hydrogen-bond donors (Lipinski definition) is 3. The minimum absolute atomic E-state index is 0.0159. The fraction of sp³-hybridized carbons (Fsp3) is 0.887. The summed E-state index contributed by atoms with van der Waals surface area (Å²) in [6.07, 6.45) is 57.2. The first-order chi connectivity index (χ1) is 29.0. The van der Waals surface area contributed by atoms with Gasteiger partial charge in [0, 0.05) is 12.8 Å². The highest BCUT2D eigenvalue weighted by Gasteiger charge is 2.20. The van der Waals surface area contributed by atoms with Gasteiger partial charge in [0.25, 0.3) is 0 Å². The molecule has 0 rings (SSSR count). The van der Waals surface area contributed by atoms with Gasteiger partial charge in [0.05, 0.1) is 25.4 Å². The van der Waals surface area contributed by atoms with E-state index in [4.69, 9.17) is 4.74 Å². The number of aliphatic hydroxyl groups is 2. The van der Waals surface area contributed by atoms with Gasteiger partial charge in [-0.3, -0.25) is 9.59 Å². The molecule has 0 fully saturated rings. The number of carbonyl (C=O) groups excluding carboxylic acids is 2. The van der Waals surface area contributed by atoms with Gasteiger partial charge in [-0.25, -0.2) is 0 Å². The average molecular weight is 832 g/mol.